The molecule has 2 aromatic rings. The molecule has 0 radical (unpaired) electrons. The highest BCUT2D eigenvalue weighted by atomic mass is 32.1. The average Bonchev–Trinajstić information content (AvgIpc) is 2.83. The zero-order valence-corrected chi connectivity index (χ0v) is 10.7. The molecule has 0 fully saturated rings. The number of nitrogen functional groups attached to an aromatic ring is 1. The summed E-state index contributed by atoms with van der Waals surface area (Å²) in [4.78, 5) is 14.9. The van der Waals surface area contributed by atoms with Crippen LogP contribution in [0.2, 0.25) is 0 Å². The number of fused-ring (bicyclic) bond motifs is 1. The van der Waals surface area contributed by atoms with Crippen LogP contribution in [0, 0.1) is 0 Å². The van der Waals surface area contributed by atoms with E-state index in [0.29, 0.717) is 17.1 Å². The van der Waals surface area contributed by atoms with Crippen molar-refractivity contribution in [2.24, 2.45) is 0 Å². The van der Waals surface area contributed by atoms with Gasteiger partial charge in [-0.1, -0.05) is 24.3 Å². The molecule has 92 valence electrons. The van der Waals surface area contributed by atoms with Crippen LogP contribution < -0.4 is 5.73 Å². The van der Waals surface area contributed by atoms with Crippen molar-refractivity contribution in [3.8, 4) is 0 Å². The number of amides is 1. The van der Waals surface area contributed by atoms with E-state index in [0.717, 1.165) is 13.0 Å². The van der Waals surface area contributed by atoms with E-state index in [1.165, 1.54) is 22.5 Å². The maximum absolute atomic E-state index is 12.3. The van der Waals surface area contributed by atoms with Crippen molar-refractivity contribution in [3.63, 3.8) is 0 Å². The second-order valence-corrected chi connectivity index (χ2v) is 5.37. The maximum atomic E-state index is 12.3. The molecule has 3 nitrogen and oxygen atoms in total. The Hall–Kier alpha value is -1.81. The van der Waals surface area contributed by atoms with E-state index in [9.17, 15) is 4.79 Å². The number of hydrogen-bond acceptors (Lipinski definition) is 3. The number of benzene rings is 1. The number of anilines is 1. The van der Waals surface area contributed by atoms with Crippen LogP contribution in [-0.2, 0) is 13.0 Å². The lowest BCUT2D eigenvalue weighted by molar-refractivity contribution is 0.0740. The van der Waals surface area contributed by atoms with Gasteiger partial charge in [0.15, 0.2) is 0 Å². The van der Waals surface area contributed by atoms with Crippen LogP contribution in [0.25, 0.3) is 0 Å². The minimum Gasteiger partial charge on any atom is -0.397 e. The van der Waals surface area contributed by atoms with E-state index >= 15 is 0 Å². The molecule has 2 N–H and O–H groups in total. The summed E-state index contributed by atoms with van der Waals surface area (Å²) in [6.07, 6.45) is 0.924. The number of nitrogens with two attached hydrogens (primary N) is 1. The van der Waals surface area contributed by atoms with Gasteiger partial charge in [-0.25, -0.2) is 0 Å². The molecule has 1 aliphatic rings. The minimum absolute atomic E-state index is 0.0528. The molecule has 4 heteroatoms. The molecule has 0 saturated carbocycles. The second kappa shape index (κ2) is 4.46. The van der Waals surface area contributed by atoms with Gasteiger partial charge in [-0.15, -0.1) is 11.3 Å². The van der Waals surface area contributed by atoms with Crippen LogP contribution in [0.3, 0.4) is 0 Å². The first-order chi connectivity index (χ1) is 8.75. The van der Waals surface area contributed by atoms with E-state index in [1.54, 1.807) is 6.07 Å². The molecule has 3 rings (SSSR count). The Bertz CT molecular complexity index is 591. The zero-order valence-electron chi connectivity index (χ0n) is 9.93. The molecule has 1 aromatic heterocycles. The summed E-state index contributed by atoms with van der Waals surface area (Å²) in [5, 5.41) is 1.86. The Morgan fingerprint density at radius 2 is 2.00 bits per heavy atom. The molecule has 0 atom stereocenters. The van der Waals surface area contributed by atoms with Gasteiger partial charge in [0, 0.05) is 13.1 Å². The third-order valence-corrected chi connectivity index (χ3v) is 4.23. The number of nitrogens with zero attached hydrogens (tertiary/aromatic N) is 1. The van der Waals surface area contributed by atoms with Gasteiger partial charge in [-0.2, -0.15) is 0 Å². The van der Waals surface area contributed by atoms with Gasteiger partial charge < -0.3 is 10.6 Å². The Labute approximate surface area is 110 Å². The van der Waals surface area contributed by atoms with E-state index in [1.807, 2.05) is 22.4 Å². The summed E-state index contributed by atoms with van der Waals surface area (Å²) in [5.74, 6) is 0.0528. The molecular formula is C14H14N2OS. The van der Waals surface area contributed by atoms with Crippen molar-refractivity contribution >= 4 is 22.9 Å². The summed E-state index contributed by atoms with van der Waals surface area (Å²) in [7, 11) is 0. The van der Waals surface area contributed by atoms with Gasteiger partial charge in [0.05, 0.1) is 5.69 Å². The standard InChI is InChI=1S/C14H14N2OS/c15-12-6-8-18-13(12)14(17)16-7-5-10-3-1-2-4-11(10)9-16/h1-4,6,8H,5,7,9,15H2. The predicted octanol–water partition coefficient (Wildman–Crippen LogP) is 2.53. The maximum Gasteiger partial charge on any atom is 0.266 e. The molecular weight excluding hydrogens is 244 g/mol. The Morgan fingerprint density at radius 3 is 2.72 bits per heavy atom. The van der Waals surface area contributed by atoms with E-state index in [4.69, 9.17) is 5.73 Å². The van der Waals surface area contributed by atoms with E-state index < -0.39 is 0 Å². The fraction of sp³-hybridized carbons (Fsp3) is 0.214. The first-order valence-corrected chi connectivity index (χ1v) is 6.82. The molecule has 0 bridgehead atoms. The molecule has 2 heterocycles. The van der Waals surface area contributed by atoms with Crippen LogP contribution in [0.15, 0.2) is 35.7 Å². The Balaban J connectivity index is 1.84. The van der Waals surface area contributed by atoms with Crippen molar-refractivity contribution in [2.75, 3.05) is 12.3 Å². The van der Waals surface area contributed by atoms with Crippen LogP contribution in [0.4, 0.5) is 5.69 Å². The average molecular weight is 258 g/mol. The van der Waals surface area contributed by atoms with Crippen molar-refractivity contribution in [1.29, 1.82) is 0 Å². The van der Waals surface area contributed by atoms with Gasteiger partial charge in [0.25, 0.3) is 5.91 Å². The molecule has 0 aliphatic carbocycles. The molecule has 0 saturated heterocycles. The summed E-state index contributed by atoms with van der Waals surface area (Å²) in [5.41, 5.74) is 8.98. The predicted molar refractivity (Wildman–Crippen MR) is 73.6 cm³/mol. The zero-order chi connectivity index (χ0) is 12.5. The highest BCUT2D eigenvalue weighted by molar-refractivity contribution is 7.12. The fourth-order valence-electron chi connectivity index (χ4n) is 2.31. The Kier molecular flexibility index (Phi) is 2.80. The number of thiophene rings is 1. The number of hydrogen-bond donors (Lipinski definition) is 1. The van der Waals surface area contributed by atoms with Crippen molar-refractivity contribution in [3.05, 3.63) is 51.7 Å². The summed E-state index contributed by atoms with van der Waals surface area (Å²) < 4.78 is 0. The lowest BCUT2D eigenvalue weighted by Gasteiger charge is -2.28. The summed E-state index contributed by atoms with van der Waals surface area (Å²) in [6, 6.07) is 10.1. The Morgan fingerprint density at radius 1 is 1.22 bits per heavy atom. The summed E-state index contributed by atoms with van der Waals surface area (Å²) >= 11 is 1.42. The van der Waals surface area contributed by atoms with Gasteiger partial charge in [0.2, 0.25) is 0 Å². The van der Waals surface area contributed by atoms with Crippen molar-refractivity contribution in [2.45, 2.75) is 13.0 Å². The van der Waals surface area contributed by atoms with Crippen LogP contribution >= 0.6 is 11.3 Å². The van der Waals surface area contributed by atoms with Gasteiger partial charge in [-0.3, -0.25) is 4.79 Å². The quantitative estimate of drug-likeness (QED) is 0.854. The number of carbonyl (C=O) groups excluding carboxylic acids is 1. The van der Waals surface area contributed by atoms with E-state index in [-0.39, 0.29) is 5.91 Å². The minimum atomic E-state index is 0.0528. The SMILES string of the molecule is Nc1ccsc1C(=O)N1CCc2ccccc2C1. The fourth-order valence-corrected chi connectivity index (χ4v) is 3.09. The van der Waals surface area contributed by atoms with Gasteiger partial charge in [0.1, 0.15) is 4.88 Å². The molecule has 1 aliphatic heterocycles. The van der Waals surface area contributed by atoms with E-state index in [2.05, 4.69) is 12.1 Å². The molecule has 0 spiro atoms. The lowest BCUT2D eigenvalue weighted by Crippen LogP contribution is -2.35. The molecule has 1 amide bonds. The third-order valence-electron chi connectivity index (χ3n) is 3.31. The third kappa shape index (κ3) is 1.88. The second-order valence-electron chi connectivity index (χ2n) is 4.45. The van der Waals surface area contributed by atoms with Crippen LogP contribution in [0.5, 0.6) is 0 Å². The number of carbonyl (C=O) groups is 1. The highest BCUT2D eigenvalue weighted by Crippen LogP contribution is 2.25. The van der Waals surface area contributed by atoms with Crippen molar-refractivity contribution < 1.29 is 4.79 Å². The smallest absolute Gasteiger partial charge is 0.266 e. The lowest BCUT2D eigenvalue weighted by atomic mass is 10.00. The topological polar surface area (TPSA) is 46.3 Å². The monoisotopic (exact) mass is 258 g/mol. The first kappa shape index (κ1) is 11.3. The van der Waals surface area contributed by atoms with Crippen LogP contribution in [0.1, 0.15) is 20.8 Å². The summed E-state index contributed by atoms with van der Waals surface area (Å²) in [6.45, 7) is 1.46. The normalized spacial score (nSPS) is 14.3. The van der Waals surface area contributed by atoms with Gasteiger partial charge >= 0.3 is 0 Å². The van der Waals surface area contributed by atoms with Crippen LogP contribution in [-0.4, -0.2) is 17.4 Å². The van der Waals surface area contributed by atoms with Gasteiger partial charge in [-0.05, 0) is 29.0 Å². The number of rotatable bonds is 1. The first-order valence-electron chi connectivity index (χ1n) is 5.95. The molecule has 18 heavy (non-hydrogen) atoms. The molecule has 0 unspecified atom stereocenters. The highest BCUT2D eigenvalue weighted by Gasteiger charge is 2.23. The van der Waals surface area contributed by atoms with Crippen molar-refractivity contribution in [1.82, 2.24) is 4.90 Å². The molecule has 1 aromatic carbocycles. The largest absolute Gasteiger partial charge is 0.397 e.